The first-order valence-corrected chi connectivity index (χ1v) is 10.5. The van der Waals surface area contributed by atoms with Gasteiger partial charge in [0.25, 0.3) is 0 Å². The van der Waals surface area contributed by atoms with Gasteiger partial charge in [0.2, 0.25) is 0 Å². The van der Waals surface area contributed by atoms with Crippen molar-refractivity contribution >= 4 is 35.0 Å². The highest BCUT2D eigenvalue weighted by atomic mass is 127. The summed E-state index contributed by atoms with van der Waals surface area (Å²) in [5.74, 6) is -0.520. The number of allylic oxidation sites excluding steroid dienone is 1. The first-order valence-electron chi connectivity index (χ1n) is 9.67. The highest BCUT2D eigenvalue weighted by Gasteiger charge is 2.45. The lowest BCUT2D eigenvalue weighted by atomic mass is 9.65. The molecule has 0 radical (unpaired) electrons. The van der Waals surface area contributed by atoms with Crippen LogP contribution >= 0.6 is 23.2 Å². The normalized spacial score (nSPS) is 23.2. The maximum atomic E-state index is 12.9. The van der Waals surface area contributed by atoms with E-state index in [1.165, 1.54) is 0 Å². The minimum absolute atomic E-state index is 0.138. The minimum atomic E-state index is -0.575. The predicted octanol–water partition coefficient (Wildman–Crippen LogP) is 5.37. The summed E-state index contributed by atoms with van der Waals surface area (Å²) < 4.78 is 15.0. The van der Waals surface area contributed by atoms with E-state index >= 15 is 0 Å². The van der Waals surface area contributed by atoms with Crippen LogP contribution in [0.5, 0.6) is 0 Å². The van der Waals surface area contributed by atoms with Gasteiger partial charge in [0.15, 0.2) is 28.9 Å². The van der Waals surface area contributed by atoms with E-state index in [4.69, 9.17) is 4.74 Å². The van der Waals surface area contributed by atoms with Crippen LogP contribution in [0.15, 0.2) is 53.6 Å². The third-order valence-electron chi connectivity index (χ3n) is 5.19. The molecule has 0 aromatic heterocycles. The van der Waals surface area contributed by atoms with Crippen molar-refractivity contribution in [3.63, 3.8) is 0 Å². The van der Waals surface area contributed by atoms with Crippen molar-refractivity contribution in [2.75, 3.05) is 13.1 Å². The molecule has 0 saturated carbocycles. The van der Waals surface area contributed by atoms with E-state index in [-0.39, 0.29) is 23.4 Å². The molecule has 1 aliphatic carbocycles. The molecular weight excluding hydrogens is 498 g/mol. The Morgan fingerprint density at radius 2 is 1.97 bits per heavy atom. The van der Waals surface area contributed by atoms with Crippen LogP contribution in [0.4, 0.5) is 7.65 Å². The van der Waals surface area contributed by atoms with Crippen molar-refractivity contribution in [1.82, 2.24) is 4.90 Å². The molecule has 160 valence electrons. The number of benzene rings is 1. The number of hydrogen-bond acceptors (Lipinski definition) is 4. The number of hydrogen-bond donors (Lipinski definition) is 0. The van der Waals surface area contributed by atoms with Gasteiger partial charge in [-0.2, -0.15) is 8.12 Å². The zero-order chi connectivity index (χ0) is 22.5. The first-order chi connectivity index (χ1) is 14.1. The number of rotatable bonds is 2. The maximum absolute atomic E-state index is 12.9. The molecule has 1 aliphatic heterocycles. The summed E-state index contributed by atoms with van der Waals surface area (Å²) in [5.41, 5.74) is 1.08. The van der Waals surface area contributed by atoms with Gasteiger partial charge in [-0.05, 0) is 38.3 Å². The largest absolute Gasteiger partial charge is 0.444 e. The van der Waals surface area contributed by atoms with E-state index in [0.29, 0.717) is 42.7 Å². The molecule has 3 rings (SSSR count). The Labute approximate surface area is 191 Å². The standard InChI is InChI=1S/C23H26N2O3.FI/c1-22(2,3)28-21(27)25-11-10-19-18(12-16-8-6-5-7-9-16)20(26)17(14-24)13-23(19,4)15-25;1-2/h5-10,13,18H,11-12,15H2,1-4H3;/t18?,23-;/m0./s1. The second-order valence-electron chi connectivity index (χ2n) is 8.71. The van der Waals surface area contributed by atoms with Gasteiger partial charge < -0.3 is 9.64 Å². The number of ether oxygens (including phenoxy) is 1. The monoisotopic (exact) mass is 524 g/mol. The zero-order valence-electron chi connectivity index (χ0n) is 17.6. The molecule has 2 atom stereocenters. The molecule has 1 aromatic carbocycles. The SMILES string of the molecule is CC(C)(C)OC(=O)N1CC=C2C(Cc3ccccc3)C(=O)C(C#N)=C[C@@]2(C)C1.FI. The summed E-state index contributed by atoms with van der Waals surface area (Å²) in [6.45, 7) is 8.27. The second kappa shape index (κ2) is 9.73. The van der Waals surface area contributed by atoms with Crippen LogP contribution in [0.1, 0.15) is 33.3 Å². The molecular formula is C23H26FIN2O3. The number of fused-ring (bicyclic) bond motifs is 1. The van der Waals surface area contributed by atoms with Gasteiger partial charge in [-0.15, -0.1) is 0 Å². The average Bonchev–Trinajstić information content (AvgIpc) is 2.70. The molecule has 0 bridgehead atoms. The Morgan fingerprint density at radius 1 is 1.33 bits per heavy atom. The third kappa shape index (κ3) is 5.48. The molecule has 30 heavy (non-hydrogen) atoms. The van der Waals surface area contributed by atoms with Crippen LogP contribution in [0.2, 0.25) is 0 Å². The number of halogens is 2. The van der Waals surface area contributed by atoms with E-state index in [1.54, 1.807) is 11.0 Å². The Bertz CT molecular complexity index is 899. The Balaban J connectivity index is 0.00000155. The molecule has 1 aromatic rings. The molecule has 0 saturated heterocycles. The molecule has 1 amide bonds. The fourth-order valence-electron chi connectivity index (χ4n) is 3.99. The Kier molecular flexibility index (Phi) is 7.81. The summed E-state index contributed by atoms with van der Waals surface area (Å²) in [5, 5.41) is 9.51. The molecule has 0 fully saturated rings. The van der Waals surface area contributed by atoms with Crippen molar-refractivity contribution < 1.29 is 17.2 Å². The number of nitrogens with zero attached hydrogens (tertiary/aromatic N) is 2. The van der Waals surface area contributed by atoms with Crippen LogP contribution in [0.25, 0.3) is 0 Å². The smallest absolute Gasteiger partial charge is 0.410 e. The van der Waals surface area contributed by atoms with Crippen LogP contribution in [0, 0.1) is 22.7 Å². The topological polar surface area (TPSA) is 70.4 Å². The van der Waals surface area contributed by atoms with E-state index in [2.05, 4.69) is 6.07 Å². The van der Waals surface area contributed by atoms with E-state index in [1.807, 2.05) is 64.1 Å². The van der Waals surface area contributed by atoms with E-state index < -0.39 is 11.0 Å². The van der Waals surface area contributed by atoms with Gasteiger partial charge >= 0.3 is 6.09 Å². The second-order valence-corrected chi connectivity index (χ2v) is 8.71. The van der Waals surface area contributed by atoms with Gasteiger partial charge in [0, 0.05) is 24.4 Å². The lowest BCUT2D eigenvalue weighted by Crippen LogP contribution is -2.49. The van der Waals surface area contributed by atoms with E-state index in [0.717, 1.165) is 11.1 Å². The van der Waals surface area contributed by atoms with Crippen molar-refractivity contribution in [3.8, 4) is 6.07 Å². The molecule has 1 unspecified atom stereocenters. The zero-order valence-corrected chi connectivity index (χ0v) is 19.8. The Morgan fingerprint density at radius 3 is 2.53 bits per heavy atom. The number of ketones is 1. The first kappa shape index (κ1) is 24.1. The van der Waals surface area contributed by atoms with Gasteiger partial charge in [0.05, 0.1) is 5.57 Å². The summed E-state index contributed by atoms with van der Waals surface area (Å²) in [6.07, 6.45) is 3.85. The molecule has 1 heterocycles. The van der Waals surface area contributed by atoms with Gasteiger partial charge in [-0.25, -0.2) is 4.79 Å². The van der Waals surface area contributed by atoms with Gasteiger partial charge in [-0.1, -0.05) is 49.4 Å². The highest BCUT2D eigenvalue weighted by Crippen LogP contribution is 2.44. The molecule has 7 heteroatoms. The van der Waals surface area contributed by atoms with Gasteiger partial charge in [-0.3, -0.25) is 4.79 Å². The van der Waals surface area contributed by atoms with Crippen molar-refractivity contribution in [2.45, 2.75) is 39.7 Å². The highest BCUT2D eigenvalue weighted by molar-refractivity contribution is 14.1. The number of nitriles is 1. The summed E-state index contributed by atoms with van der Waals surface area (Å²) in [4.78, 5) is 27.1. The summed E-state index contributed by atoms with van der Waals surface area (Å²) in [7, 11) is 0. The molecule has 0 N–H and O–H groups in total. The Hall–Kier alpha value is -2.21. The quantitative estimate of drug-likeness (QED) is 0.386. The van der Waals surface area contributed by atoms with Gasteiger partial charge in [0.1, 0.15) is 11.7 Å². The number of carbonyl (C=O) groups is 2. The fourth-order valence-corrected chi connectivity index (χ4v) is 3.99. The number of amides is 1. The lowest BCUT2D eigenvalue weighted by molar-refractivity contribution is -0.118. The van der Waals surface area contributed by atoms with Crippen molar-refractivity contribution in [2.24, 2.45) is 11.3 Å². The van der Waals surface area contributed by atoms with Crippen LogP contribution < -0.4 is 0 Å². The van der Waals surface area contributed by atoms with Crippen molar-refractivity contribution in [3.05, 3.63) is 59.2 Å². The fraction of sp³-hybridized carbons (Fsp3) is 0.435. The van der Waals surface area contributed by atoms with Crippen LogP contribution in [-0.4, -0.2) is 35.5 Å². The number of carbonyl (C=O) groups excluding carboxylic acids is 2. The third-order valence-corrected chi connectivity index (χ3v) is 5.19. The molecule has 5 nitrogen and oxygen atoms in total. The summed E-state index contributed by atoms with van der Waals surface area (Å²) in [6, 6.07) is 11.9. The van der Waals surface area contributed by atoms with Crippen LogP contribution in [-0.2, 0) is 16.0 Å². The molecule has 2 aliphatic rings. The average molecular weight is 524 g/mol. The summed E-state index contributed by atoms with van der Waals surface area (Å²) >= 11 is 0.650. The maximum Gasteiger partial charge on any atom is 0.410 e. The van der Waals surface area contributed by atoms with E-state index in [9.17, 15) is 17.7 Å². The molecule has 0 spiro atoms. The van der Waals surface area contributed by atoms with Crippen LogP contribution in [0.3, 0.4) is 0 Å². The lowest BCUT2D eigenvalue weighted by Gasteiger charge is -2.44. The van der Waals surface area contributed by atoms with Crippen molar-refractivity contribution in [1.29, 1.82) is 5.26 Å². The number of Topliss-reactive ketones (excluding diaryl/α,β-unsaturated/α-hetero) is 1. The predicted molar refractivity (Wildman–Crippen MR) is 121 cm³/mol. The minimum Gasteiger partial charge on any atom is -0.444 e.